The lowest BCUT2D eigenvalue weighted by atomic mass is 10.00. The Kier molecular flexibility index (Phi) is 3.23. The van der Waals surface area contributed by atoms with E-state index in [-0.39, 0.29) is 17.7 Å². The van der Waals surface area contributed by atoms with Gasteiger partial charge in [-0.1, -0.05) is 19.9 Å². The highest BCUT2D eigenvalue weighted by molar-refractivity contribution is 6.04. The summed E-state index contributed by atoms with van der Waals surface area (Å²) in [5, 5.41) is 2.39. The molecule has 13 heavy (non-hydrogen) atoms. The van der Waals surface area contributed by atoms with Crippen molar-refractivity contribution < 1.29 is 9.59 Å². The first-order valence-corrected chi connectivity index (χ1v) is 4.69. The van der Waals surface area contributed by atoms with Gasteiger partial charge in [0.25, 0.3) is 5.91 Å². The minimum atomic E-state index is -0.223. The summed E-state index contributed by atoms with van der Waals surface area (Å²) in [5.74, 6) is -0.429. The normalized spacial score (nSPS) is 24.5. The molecule has 1 rings (SSSR count). The molecule has 0 aromatic rings. The van der Waals surface area contributed by atoms with Crippen molar-refractivity contribution in [3.8, 4) is 0 Å². The molecule has 0 saturated heterocycles. The van der Waals surface area contributed by atoms with Crippen LogP contribution in [0.4, 0.5) is 0 Å². The average Bonchev–Trinajstić information content (AvgIpc) is 2.10. The summed E-state index contributed by atoms with van der Waals surface area (Å²) in [5.41, 5.74) is 0.722. The lowest BCUT2D eigenvalue weighted by Crippen LogP contribution is -2.36. The largest absolute Gasteiger partial charge is 0.292 e. The third kappa shape index (κ3) is 2.41. The molecule has 1 unspecified atom stereocenters. The molecule has 0 bridgehead atoms. The standard InChI is InChI=1S/C10H15NO2/c1-3-8-6-4-5-7(2)9(12)11-10(8)13/h6-7H,3-5H2,1-2H3,(H,11,12,13). The monoisotopic (exact) mass is 181 g/mol. The van der Waals surface area contributed by atoms with Crippen LogP contribution in [0.15, 0.2) is 11.6 Å². The van der Waals surface area contributed by atoms with E-state index in [9.17, 15) is 9.59 Å². The number of nitrogens with one attached hydrogen (secondary N) is 1. The van der Waals surface area contributed by atoms with Gasteiger partial charge in [0.15, 0.2) is 0 Å². The Hall–Kier alpha value is -1.12. The molecule has 0 fully saturated rings. The van der Waals surface area contributed by atoms with Crippen LogP contribution in [-0.2, 0) is 9.59 Å². The lowest BCUT2D eigenvalue weighted by Gasteiger charge is -2.14. The van der Waals surface area contributed by atoms with Crippen molar-refractivity contribution in [1.29, 1.82) is 0 Å². The van der Waals surface area contributed by atoms with E-state index in [1.165, 1.54) is 0 Å². The molecule has 0 radical (unpaired) electrons. The van der Waals surface area contributed by atoms with Crippen molar-refractivity contribution in [1.82, 2.24) is 5.32 Å². The molecule has 3 heteroatoms. The summed E-state index contributed by atoms with van der Waals surface area (Å²) in [6.07, 6.45) is 4.26. The maximum Gasteiger partial charge on any atom is 0.253 e. The number of hydrogen-bond donors (Lipinski definition) is 1. The molecule has 1 aliphatic heterocycles. The Bertz CT molecular complexity index is 256. The Morgan fingerprint density at radius 2 is 2.23 bits per heavy atom. The second-order valence-electron chi connectivity index (χ2n) is 3.38. The van der Waals surface area contributed by atoms with Crippen LogP contribution in [0.25, 0.3) is 0 Å². The lowest BCUT2D eigenvalue weighted by molar-refractivity contribution is -0.131. The van der Waals surface area contributed by atoms with Crippen molar-refractivity contribution in [3.63, 3.8) is 0 Å². The molecule has 0 saturated carbocycles. The van der Waals surface area contributed by atoms with Crippen molar-refractivity contribution >= 4 is 11.8 Å². The van der Waals surface area contributed by atoms with Crippen molar-refractivity contribution in [2.24, 2.45) is 5.92 Å². The third-order valence-electron chi connectivity index (χ3n) is 2.35. The fourth-order valence-electron chi connectivity index (χ4n) is 1.35. The van der Waals surface area contributed by atoms with Crippen molar-refractivity contribution in [3.05, 3.63) is 11.6 Å². The van der Waals surface area contributed by atoms with Crippen LogP contribution in [0, 0.1) is 5.92 Å². The van der Waals surface area contributed by atoms with Gasteiger partial charge in [-0.25, -0.2) is 0 Å². The number of allylic oxidation sites excluding steroid dienone is 1. The van der Waals surface area contributed by atoms with Gasteiger partial charge in [-0.3, -0.25) is 14.9 Å². The van der Waals surface area contributed by atoms with Crippen LogP contribution in [0.2, 0.25) is 0 Å². The summed E-state index contributed by atoms with van der Waals surface area (Å²) in [6, 6.07) is 0. The first-order valence-electron chi connectivity index (χ1n) is 4.69. The summed E-state index contributed by atoms with van der Waals surface area (Å²) in [7, 11) is 0. The summed E-state index contributed by atoms with van der Waals surface area (Å²) in [4.78, 5) is 22.6. The van der Waals surface area contributed by atoms with Gasteiger partial charge in [-0.05, 0) is 19.3 Å². The van der Waals surface area contributed by atoms with Crippen LogP contribution in [0.1, 0.15) is 33.1 Å². The Morgan fingerprint density at radius 3 is 2.85 bits per heavy atom. The number of imide groups is 1. The van der Waals surface area contributed by atoms with Gasteiger partial charge >= 0.3 is 0 Å². The van der Waals surface area contributed by atoms with Gasteiger partial charge in [-0.15, -0.1) is 0 Å². The molecule has 1 aliphatic rings. The molecule has 1 heterocycles. The van der Waals surface area contributed by atoms with Crippen LogP contribution in [0.5, 0.6) is 0 Å². The Morgan fingerprint density at radius 1 is 1.54 bits per heavy atom. The van der Waals surface area contributed by atoms with Crippen LogP contribution >= 0.6 is 0 Å². The summed E-state index contributed by atoms with van der Waals surface area (Å²) in [6.45, 7) is 3.76. The van der Waals surface area contributed by atoms with Gasteiger partial charge in [0.05, 0.1) is 0 Å². The number of hydrogen-bond acceptors (Lipinski definition) is 2. The second kappa shape index (κ2) is 4.21. The van der Waals surface area contributed by atoms with Crippen LogP contribution in [-0.4, -0.2) is 11.8 Å². The van der Waals surface area contributed by atoms with Crippen molar-refractivity contribution in [2.75, 3.05) is 0 Å². The van der Waals surface area contributed by atoms with E-state index in [1.807, 2.05) is 19.9 Å². The maximum atomic E-state index is 11.4. The first kappa shape index (κ1) is 9.96. The van der Waals surface area contributed by atoms with E-state index in [2.05, 4.69) is 5.32 Å². The summed E-state index contributed by atoms with van der Waals surface area (Å²) < 4.78 is 0. The van der Waals surface area contributed by atoms with Gasteiger partial charge in [-0.2, -0.15) is 0 Å². The quantitative estimate of drug-likeness (QED) is 0.621. The zero-order chi connectivity index (χ0) is 9.84. The van der Waals surface area contributed by atoms with Crippen molar-refractivity contribution in [2.45, 2.75) is 33.1 Å². The third-order valence-corrected chi connectivity index (χ3v) is 2.35. The molecule has 1 atom stereocenters. The van der Waals surface area contributed by atoms with E-state index in [1.54, 1.807) is 0 Å². The topological polar surface area (TPSA) is 46.2 Å². The number of amides is 2. The fourth-order valence-corrected chi connectivity index (χ4v) is 1.35. The van der Waals surface area contributed by atoms with Gasteiger partial charge in [0, 0.05) is 11.5 Å². The smallest absolute Gasteiger partial charge is 0.253 e. The highest BCUT2D eigenvalue weighted by atomic mass is 16.2. The molecule has 1 N–H and O–H groups in total. The van der Waals surface area contributed by atoms with E-state index < -0.39 is 0 Å². The predicted octanol–water partition coefficient (Wildman–Crippen LogP) is 1.40. The fraction of sp³-hybridized carbons (Fsp3) is 0.600. The minimum Gasteiger partial charge on any atom is -0.292 e. The maximum absolute atomic E-state index is 11.4. The molecular formula is C10H15NO2. The van der Waals surface area contributed by atoms with Gasteiger partial charge < -0.3 is 0 Å². The molecule has 0 aromatic carbocycles. The van der Waals surface area contributed by atoms with E-state index in [0.717, 1.165) is 18.4 Å². The highest BCUT2D eigenvalue weighted by Gasteiger charge is 2.19. The van der Waals surface area contributed by atoms with E-state index in [4.69, 9.17) is 0 Å². The van der Waals surface area contributed by atoms with E-state index >= 15 is 0 Å². The molecule has 0 aliphatic carbocycles. The number of carbonyl (C=O) groups excluding carboxylic acids is 2. The Labute approximate surface area is 78.2 Å². The van der Waals surface area contributed by atoms with Gasteiger partial charge in [0.1, 0.15) is 0 Å². The van der Waals surface area contributed by atoms with Crippen LogP contribution < -0.4 is 5.32 Å². The Balaban J connectivity index is 2.78. The molecule has 2 amide bonds. The first-order chi connectivity index (χ1) is 6.15. The average molecular weight is 181 g/mol. The molecular weight excluding hydrogens is 166 g/mol. The molecule has 0 aromatic heterocycles. The highest BCUT2D eigenvalue weighted by Crippen LogP contribution is 2.13. The van der Waals surface area contributed by atoms with Gasteiger partial charge in [0.2, 0.25) is 5.91 Å². The van der Waals surface area contributed by atoms with E-state index in [0.29, 0.717) is 6.42 Å². The zero-order valence-corrected chi connectivity index (χ0v) is 8.09. The summed E-state index contributed by atoms with van der Waals surface area (Å²) >= 11 is 0. The predicted molar refractivity (Wildman–Crippen MR) is 49.9 cm³/mol. The SMILES string of the molecule is CCC1=CCCC(C)C(=O)NC1=O. The molecule has 0 spiro atoms. The molecule has 72 valence electrons. The zero-order valence-electron chi connectivity index (χ0n) is 8.09. The van der Waals surface area contributed by atoms with Crippen LogP contribution in [0.3, 0.4) is 0 Å². The number of carbonyl (C=O) groups is 2. The number of rotatable bonds is 1. The second-order valence-corrected chi connectivity index (χ2v) is 3.38. The minimum absolute atomic E-state index is 0.0568. The molecule has 3 nitrogen and oxygen atoms in total.